The molecular weight excluding hydrogens is 322 g/mol. The third kappa shape index (κ3) is 4.44. The van der Waals surface area contributed by atoms with Gasteiger partial charge in [-0.25, -0.2) is 0 Å². The summed E-state index contributed by atoms with van der Waals surface area (Å²) in [5.74, 6) is 1.38. The quantitative estimate of drug-likeness (QED) is 0.658. The molecule has 4 nitrogen and oxygen atoms in total. The van der Waals surface area contributed by atoms with Crippen molar-refractivity contribution < 1.29 is 4.74 Å². The lowest BCUT2D eigenvalue weighted by atomic mass is 9.95. The normalized spacial score (nSPS) is 20.2. The maximum absolute atomic E-state index is 6.00. The maximum atomic E-state index is 6.00. The zero-order valence-corrected chi connectivity index (χ0v) is 16.0. The summed E-state index contributed by atoms with van der Waals surface area (Å²) < 4.78 is 6.00. The number of nitrogens with zero attached hydrogens (tertiary/aromatic N) is 2. The predicted octanol–water partition coefficient (Wildman–Crippen LogP) is 3.78. The van der Waals surface area contributed by atoms with Gasteiger partial charge in [0.05, 0.1) is 6.10 Å². The Hall–Kier alpha value is -2.33. The van der Waals surface area contributed by atoms with Gasteiger partial charge in [-0.2, -0.15) is 0 Å². The summed E-state index contributed by atoms with van der Waals surface area (Å²) in [7, 11) is 3.93. The molecule has 0 spiro atoms. The zero-order valence-electron chi connectivity index (χ0n) is 16.0. The summed E-state index contributed by atoms with van der Waals surface area (Å²) in [6, 6.07) is 19.0. The van der Waals surface area contributed by atoms with E-state index >= 15 is 0 Å². The Morgan fingerprint density at radius 1 is 1.15 bits per heavy atom. The molecule has 2 aromatic rings. The molecule has 1 aliphatic rings. The third-order valence-corrected chi connectivity index (χ3v) is 5.11. The Morgan fingerprint density at radius 3 is 2.62 bits per heavy atom. The van der Waals surface area contributed by atoms with Gasteiger partial charge in [-0.05, 0) is 30.0 Å². The van der Waals surface area contributed by atoms with Crippen LogP contribution in [0.4, 0.5) is 0 Å². The molecule has 1 saturated heterocycles. The number of nitrogens with one attached hydrogen (secondary N) is 1. The fourth-order valence-electron chi connectivity index (χ4n) is 3.58. The fraction of sp³-hybridized carbons (Fsp3) is 0.409. The maximum Gasteiger partial charge on any atom is 0.193 e. The van der Waals surface area contributed by atoms with Crippen LogP contribution in [0.2, 0.25) is 0 Å². The first-order valence-electron chi connectivity index (χ1n) is 9.32. The van der Waals surface area contributed by atoms with E-state index < -0.39 is 0 Å². The second-order valence-electron chi connectivity index (χ2n) is 6.96. The van der Waals surface area contributed by atoms with E-state index in [1.54, 1.807) is 0 Å². The Balaban J connectivity index is 1.59. The van der Waals surface area contributed by atoms with Gasteiger partial charge in [0.2, 0.25) is 0 Å². The number of hydrogen-bond acceptors (Lipinski definition) is 2. The summed E-state index contributed by atoms with van der Waals surface area (Å²) in [4.78, 5) is 6.64. The minimum Gasteiger partial charge on any atom is -0.373 e. The molecule has 0 aromatic heterocycles. The van der Waals surface area contributed by atoms with E-state index in [-0.39, 0.29) is 6.10 Å². The van der Waals surface area contributed by atoms with Gasteiger partial charge in [0.15, 0.2) is 5.96 Å². The lowest BCUT2D eigenvalue weighted by molar-refractivity contribution is 0.0914. The number of benzene rings is 2. The number of rotatable bonds is 5. The van der Waals surface area contributed by atoms with E-state index in [1.165, 1.54) is 16.7 Å². The van der Waals surface area contributed by atoms with Gasteiger partial charge in [-0.3, -0.25) is 4.99 Å². The van der Waals surface area contributed by atoms with Crippen molar-refractivity contribution in [2.45, 2.75) is 26.0 Å². The molecule has 0 radical (unpaired) electrons. The molecule has 3 rings (SSSR count). The number of guanidine groups is 1. The molecule has 0 saturated carbocycles. The molecule has 1 N–H and O–H groups in total. The Morgan fingerprint density at radius 2 is 1.88 bits per heavy atom. The van der Waals surface area contributed by atoms with E-state index in [4.69, 9.17) is 4.74 Å². The summed E-state index contributed by atoms with van der Waals surface area (Å²) in [5.41, 5.74) is 3.90. The van der Waals surface area contributed by atoms with Crippen LogP contribution in [-0.2, 0) is 11.3 Å². The van der Waals surface area contributed by atoms with Gasteiger partial charge in [-0.1, -0.05) is 54.6 Å². The van der Waals surface area contributed by atoms with E-state index in [0.717, 1.165) is 32.1 Å². The summed E-state index contributed by atoms with van der Waals surface area (Å²) in [5, 5.41) is 3.55. The molecule has 26 heavy (non-hydrogen) atoms. The smallest absolute Gasteiger partial charge is 0.193 e. The van der Waals surface area contributed by atoms with Crippen molar-refractivity contribution in [3.63, 3.8) is 0 Å². The van der Waals surface area contributed by atoms with Crippen molar-refractivity contribution in [1.82, 2.24) is 10.2 Å². The van der Waals surface area contributed by atoms with Crippen molar-refractivity contribution in [1.29, 1.82) is 0 Å². The van der Waals surface area contributed by atoms with Crippen LogP contribution >= 0.6 is 0 Å². The second-order valence-corrected chi connectivity index (χ2v) is 6.96. The van der Waals surface area contributed by atoms with Gasteiger partial charge in [0.25, 0.3) is 0 Å². The molecule has 1 fully saturated rings. The van der Waals surface area contributed by atoms with Crippen LogP contribution in [0.5, 0.6) is 0 Å². The summed E-state index contributed by atoms with van der Waals surface area (Å²) >= 11 is 0. The van der Waals surface area contributed by atoms with Crippen LogP contribution in [0.25, 0.3) is 0 Å². The molecule has 0 aliphatic carbocycles. The predicted molar refractivity (Wildman–Crippen MR) is 107 cm³/mol. The van der Waals surface area contributed by atoms with Crippen LogP contribution < -0.4 is 5.32 Å². The molecule has 4 heteroatoms. The molecule has 2 atom stereocenters. The van der Waals surface area contributed by atoms with Crippen LogP contribution in [-0.4, -0.2) is 38.1 Å². The lowest BCUT2D eigenvalue weighted by Gasteiger charge is -2.25. The minimum atomic E-state index is 0.170. The molecule has 0 bridgehead atoms. The highest BCUT2D eigenvalue weighted by atomic mass is 16.5. The van der Waals surface area contributed by atoms with Crippen LogP contribution in [0.1, 0.15) is 29.2 Å². The van der Waals surface area contributed by atoms with E-state index in [9.17, 15) is 0 Å². The van der Waals surface area contributed by atoms with E-state index in [2.05, 4.69) is 77.7 Å². The monoisotopic (exact) mass is 351 g/mol. The highest BCUT2D eigenvalue weighted by Gasteiger charge is 2.29. The average Bonchev–Trinajstić information content (AvgIpc) is 3.13. The van der Waals surface area contributed by atoms with E-state index in [0.29, 0.717) is 5.92 Å². The SMILES string of the molecule is CN=C(NCC1CCOC1c1ccccc1)N(C)Cc1ccccc1C. The van der Waals surface area contributed by atoms with Crippen molar-refractivity contribution >= 4 is 5.96 Å². The summed E-state index contributed by atoms with van der Waals surface area (Å²) in [6.07, 6.45) is 1.24. The van der Waals surface area contributed by atoms with Crippen LogP contribution in [0, 0.1) is 12.8 Å². The number of ether oxygens (including phenoxy) is 1. The Labute approximate surface area is 156 Å². The standard InChI is InChI=1S/C22H29N3O/c1-17-9-7-8-12-20(17)16-25(3)22(23-2)24-15-19-13-14-26-21(19)18-10-5-4-6-11-18/h4-12,19,21H,13-16H2,1-3H3,(H,23,24). The fourth-order valence-corrected chi connectivity index (χ4v) is 3.58. The first kappa shape index (κ1) is 18.5. The number of hydrogen-bond donors (Lipinski definition) is 1. The topological polar surface area (TPSA) is 36.9 Å². The van der Waals surface area contributed by atoms with E-state index in [1.807, 2.05) is 13.1 Å². The third-order valence-electron chi connectivity index (χ3n) is 5.11. The zero-order chi connectivity index (χ0) is 18.4. The van der Waals surface area contributed by atoms with Gasteiger partial charge in [-0.15, -0.1) is 0 Å². The Kier molecular flexibility index (Phi) is 6.29. The van der Waals surface area contributed by atoms with Crippen molar-refractivity contribution in [3.8, 4) is 0 Å². The van der Waals surface area contributed by atoms with Gasteiger partial charge in [0, 0.05) is 39.7 Å². The van der Waals surface area contributed by atoms with Crippen molar-refractivity contribution in [2.24, 2.45) is 10.9 Å². The highest BCUT2D eigenvalue weighted by molar-refractivity contribution is 5.79. The first-order valence-corrected chi connectivity index (χ1v) is 9.32. The molecule has 2 aromatic carbocycles. The molecule has 1 aliphatic heterocycles. The van der Waals surface area contributed by atoms with Crippen molar-refractivity contribution in [3.05, 3.63) is 71.3 Å². The van der Waals surface area contributed by atoms with Gasteiger partial charge in [0.1, 0.15) is 0 Å². The van der Waals surface area contributed by atoms with Gasteiger partial charge < -0.3 is 15.0 Å². The summed E-state index contributed by atoms with van der Waals surface area (Å²) in [6.45, 7) is 4.68. The minimum absolute atomic E-state index is 0.170. The molecule has 1 heterocycles. The molecule has 138 valence electrons. The van der Waals surface area contributed by atoms with Crippen LogP contribution in [0.3, 0.4) is 0 Å². The lowest BCUT2D eigenvalue weighted by Crippen LogP contribution is -2.41. The second kappa shape index (κ2) is 8.86. The largest absolute Gasteiger partial charge is 0.373 e. The first-order chi connectivity index (χ1) is 12.7. The average molecular weight is 351 g/mol. The molecular formula is C22H29N3O. The van der Waals surface area contributed by atoms with Crippen molar-refractivity contribution in [2.75, 3.05) is 27.2 Å². The molecule has 0 amide bonds. The number of aliphatic imine (C=N–C) groups is 1. The Bertz CT molecular complexity index is 729. The van der Waals surface area contributed by atoms with Crippen LogP contribution in [0.15, 0.2) is 59.6 Å². The molecule has 2 unspecified atom stereocenters. The number of aryl methyl sites for hydroxylation is 1. The highest BCUT2D eigenvalue weighted by Crippen LogP contribution is 2.33. The van der Waals surface area contributed by atoms with Gasteiger partial charge >= 0.3 is 0 Å².